The third-order valence-electron chi connectivity index (χ3n) is 2.98. The standard InChI is InChI=1S/C15H12ClN3O/c16-12-9-5-4-8-11(12)14-18-15(20-19-14)13(17)10-6-2-1-3-7-10/h1-9,13H,17H2/t13-/m0/s1. The molecule has 20 heavy (non-hydrogen) atoms. The summed E-state index contributed by atoms with van der Waals surface area (Å²) < 4.78 is 5.25. The minimum atomic E-state index is -0.445. The molecule has 0 radical (unpaired) electrons. The van der Waals surface area contributed by atoms with E-state index in [4.69, 9.17) is 21.9 Å². The maximum atomic E-state index is 6.12. The van der Waals surface area contributed by atoms with E-state index in [1.54, 1.807) is 6.07 Å². The Morgan fingerprint density at radius 3 is 2.45 bits per heavy atom. The number of benzene rings is 2. The van der Waals surface area contributed by atoms with Crippen molar-refractivity contribution in [1.29, 1.82) is 0 Å². The van der Waals surface area contributed by atoms with Gasteiger partial charge in [-0.1, -0.05) is 59.2 Å². The molecule has 2 aromatic carbocycles. The lowest BCUT2D eigenvalue weighted by atomic mass is 10.1. The van der Waals surface area contributed by atoms with Gasteiger partial charge in [0.15, 0.2) is 0 Å². The van der Waals surface area contributed by atoms with Gasteiger partial charge in [0.1, 0.15) is 6.04 Å². The smallest absolute Gasteiger partial charge is 0.248 e. The monoisotopic (exact) mass is 285 g/mol. The minimum Gasteiger partial charge on any atom is -0.337 e. The van der Waals surface area contributed by atoms with Crippen molar-refractivity contribution in [3.8, 4) is 11.4 Å². The van der Waals surface area contributed by atoms with Gasteiger partial charge in [0.25, 0.3) is 0 Å². The van der Waals surface area contributed by atoms with Crippen molar-refractivity contribution < 1.29 is 4.52 Å². The maximum absolute atomic E-state index is 6.12. The Kier molecular flexibility index (Phi) is 3.50. The number of rotatable bonds is 3. The van der Waals surface area contributed by atoms with Crippen molar-refractivity contribution in [2.45, 2.75) is 6.04 Å². The highest BCUT2D eigenvalue weighted by Crippen LogP contribution is 2.26. The van der Waals surface area contributed by atoms with E-state index in [0.29, 0.717) is 16.7 Å². The summed E-state index contributed by atoms with van der Waals surface area (Å²) >= 11 is 6.11. The van der Waals surface area contributed by atoms with Crippen LogP contribution in [0.3, 0.4) is 0 Å². The fourth-order valence-corrected chi connectivity index (χ4v) is 2.14. The van der Waals surface area contributed by atoms with Crippen LogP contribution in [-0.4, -0.2) is 10.1 Å². The molecule has 1 heterocycles. The molecule has 1 aromatic heterocycles. The van der Waals surface area contributed by atoms with E-state index in [-0.39, 0.29) is 0 Å². The second kappa shape index (κ2) is 5.45. The van der Waals surface area contributed by atoms with Gasteiger partial charge in [-0.05, 0) is 17.7 Å². The Hall–Kier alpha value is -2.17. The fraction of sp³-hybridized carbons (Fsp3) is 0.0667. The topological polar surface area (TPSA) is 64.9 Å². The molecule has 100 valence electrons. The van der Waals surface area contributed by atoms with E-state index in [2.05, 4.69) is 10.1 Å². The molecule has 0 aliphatic rings. The molecule has 0 unspecified atom stereocenters. The zero-order chi connectivity index (χ0) is 13.9. The van der Waals surface area contributed by atoms with Gasteiger partial charge < -0.3 is 10.3 Å². The van der Waals surface area contributed by atoms with Crippen molar-refractivity contribution >= 4 is 11.6 Å². The van der Waals surface area contributed by atoms with Crippen LogP contribution in [0.2, 0.25) is 5.02 Å². The van der Waals surface area contributed by atoms with Crippen LogP contribution < -0.4 is 5.73 Å². The summed E-state index contributed by atoms with van der Waals surface area (Å²) in [7, 11) is 0. The van der Waals surface area contributed by atoms with Gasteiger partial charge in [-0.25, -0.2) is 0 Å². The van der Waals surface area contributed by atoms with Crippen molar-refractivity contribution in [1.82, 2.24) is 10.1 Å². The van der Waals surface area contributed by atoms with Gasteiger partial charge in [-0.2, -0.15) is 4.98 Å². The zero-order valence-corrected chi connectivity index (χ0v) is 11.3. The van der Waals surface area contributed by atoms with E-state index >= 15 is 0 Å². The largest absolute Gasteiger partial charge is 0.337 e. The first-order valence-electron chi connectivity index (χ1n) is 6.15. The summed E-state index contributed by atoms with van der Waals surface area (Å²) in [4.78, 5) is 4.33. The van der Waals surface area contributed by atoms with E-state index in [1.807, 2.05) is 48.5 Å². The van der Waals surface area contributed by atoms with Crippen LogP contribution in [-0.2, 0) is 0 Å². The van der Waals surface area contributed by atoms with Crippen molar-refractivity contribution in [3.63, 3.8) is 0 Å². The highest BCUT2D eigenvalue weighted by molar-refractivity contribution is 6.33. The molecular formula is C15H12ClN3O. The van der Waals surface area contributed by atoms with E-state index in [0.717, 1.165) is 11.1 Å². The van der Waals surface area contributed by atoms with Gasteiger partial charge >= 0.3 is 0 Å². The van der Waals surface area contributed by atoms with Crippen LogP contribution in [0.4, 0.5) is 0 Å². The first-order chi connectivity index (χ1) is 9.75. The van der Waals surface area contributed by atoms with Gasteiger partial charge in [0.05, 0.1) is 5.02 Å². The lowest BCUT2D eigenvalue weighted by Gasteiger charge is -2.05. The van der Waals surface area contributed by atoms with Crippen molar-refractivity contribution in [2.24, 2.45) is 5.73 Å². The fourth-order valence-electron chi connectivity index (χ4n) is 1.92. The Morgan fingerprint density at radius 2 is 1.70 bits per heavy atom. The summed E-state index contributed by atoms with van der Waals surface area (Å²) in [5.74, 6) is 0.808. The second-order valence-electron chi connectivity index (χ2n) is 4.32. The third kappa shape index (κ3) is 2.43. The second-order valence-corrected chi connectivity index (χ2v) is 4.73. The predicted octanol–water partition coefficient (Wildman–Crippen LogP) is 3.44. The highest BCUT2D eigenvalue weighted by Gasteiger charge is 2.18. The van der Waals surface area contributed by atoms with Crippen LogP contribution in [0.15, 0.2) is 59.1 Å². The summed E-state index contributed by atoms with van der Waals surface area (Å²) in [6.45, 7) is 0. The quantitative estimate of drug-likeness (QED) is 0.800. The van der Waals surface area contributed by atoms with Gasteiger partial charge in [0.2, 0.25) is 11.7 Å². The molecule has 0 aliphatic heterocycles. The maximum Gasteiger partial charge on any atom is 0.248 e. The lowest BCUT2D eigenvalue weighted by Crippen LogP contribution is -2.11. The average molecular weight is 286 g/mol. The SMILES string of the molecule is N[C@@H](c1ccccc1)c1nc(-c2ccccc2Cl)no1. The normalized spacial score (nSPS) is 12.3. The molecule has 5 heteroatoms. The Morgan fingerprint density at radius 1 is 1.00 bits per heavy atom. The van der Waals surface area contributed by atoms with E-state index < -0.39 is 6.04 Å². The Labute approximate surface area is 121 Å². The van der Waals surface area contributed by atoms with Crippen LogP contribution in [0, 0.1) is 0 Å². The Bertz CT molecular complexity index is 712. The number of hydrogen-bond donors (Lipinski definition) is 1. The molecule has 0 amide bonds. The average Bonchev–Trinajstić information content (AvgIpc) is 2.97. The molecule has 0 fully saturated rings. The molecule has 4 nitrogen and oxygen atoms in total. The summed E-state index contributed by atoms with van der Waals surface area (Å²) in [5, 5.41) is 4.52. The molecular weight excluding hydrogens is 274 g/mol. The lowest BCUT2D eigenvalue weighted by molar-refractivity contribution is 0.367. The summed E-state index contributed by atoms with van der Waals surface area (Å²) in [6, 6.07) is 16.5. The van der Waals surface area contributed by atoms with Crippen LogP contribution in [0.1, 0.15) is 17.5 Å². The van der Waals surface area contributed by atoms with E-state index in [9.17, 15) is 0 Å². The number of nitrogens with zero attached hydrogens (tertiary/aromatic N) is 2. The van der Waals surface area contributed by atoms with E-state index in [1.165, 1.54) is 0 Å². The van der Waals surface area contributed by atoms with Crippen molar-refractivity contribution in [3.05, 3.63) is 71.1 Å². The van der Waals surface area contributed by atoms with Crippen molar-refractivity contribution in [2.75, 3.05) is 0 Å². The molecule has 1 atom stereocenters. The third-order valence-corrected chi connectivity index (χ3v) is 3.31. The first kappa shape index (κ1) is 12.8. The summed E-state index contributed by atoms with van der Waals surface area (Å²) in [5.41, 5.74) is 7.76. The molecule has 0 spiro atoms. The highest BCUT2D eigenvalue weighted by atomic mass is 35.5. The van der Waals surface area contributed by atoms with Gasteiger partial charge in [0, 0.05) is 5.56 Å². The molecule has 0 saturated heterocycles. The molecule has 3 rings (SSSR count). The molecule has 3 aromatic rings. The number of nitrogens with two attached hydrogens (primary N) is 1. The molecule has 2 N–H and O–H groups in total. The Balaban J connectivity index is 1.93. The number of halogens is 1. The molecule has 0 saturated carbocycles. The van der Waals surface area contributed by atoms with Crippen LogP contribution in [0.5, 0.6) is 0 Å². The minimum absolute atomic E-state index is 0.367. The van der Waals surface area contributed by atoms with Crippen LogP contribution >= 0.6 is 11.6 Å². The summed E-state index contributed by atoms with van der Waals surface area (Å²) in [6.07, 6.45) is 0. The predicted molar refractivity (Wildman–Crippen MR) is 77.2 cm³/mol. The molecule has 0 bridgehead atoms. The number of hydrogen-bond acceptors (Lipinski definition) is 4. The number of aromatic nitrogens is 2. The molecule has 0 aliphatic carbocycles. The first-order valence-corrected chi connectivity index (χ1v) is 6.52. The zero-order valence-electron chi connectivity index (χ0n) is 10.5. The van der Waals surface area contributed by atoms with Crippen LogP contribution in [0.25, 0.3) is 11.4 Å². The van der Waals surface area contributed by atoms with Gasteiger partial charge in [-0.15, -0.1) is 0 Å². The van der Waals surface area contributed by atoms with Gasteiger partial charge in [-0.3, -0.25) is 0 Å².